The molecule has 24 heavy (non-hydrogen) atoms. The van der Waals surface area contributed by atoms with E-state index in [0.717, 1.165) is 44.1 Å². The highest BCUT2D eigenvalue weighted by molar-refractivity contribution is 5.79. The molecule has 1 heterocycles. The third kappa shape index (κ3) is 3.11. The Bertz CT molecular complexity index is 603. The molecule has 4 heteroatoms. The van der Waals surface area contributed by atoms with Gasteiger partial charge >= 0.3 is 0 Å². The Labute approximate surface area is 144 Å². The highest BCUT2D eigenvalue weighted by Crippen LogP contribution is 2.48. The summed E-state index contributed by atoms with van der Waals surface area (Å²) in [5.74, 6) is 3.59. The molecule has 2 saturated carbocycles. The fraction of sp³-hybridized carbons (Fsp3) is 0.650. The van der Waals surface area contributed by atoms with Gasteiger partial charge in [-0.25, -0.2) is 0 Å². The van der Waals surface area contributed by atoms with E-state index in [9.17, 15) is 4.79 Å². The second-order valence-electron chi connectivity index (χ2n) is 7.83. The Morgan fingerprint density at radius 1 is 1.29 bits per heavy atom. The number of benzene rings is 1. The zero-order valence-corrected chi connectivity index (χ0v) is 14.5. The van der Waals surface area contributed by atoms with Crippen LogP contribution in [0.25, 0.3) is 0 Å². The largest absolute Gasteiger partial charge is 0.497 e. The van der Waals surface area contributed by atoms with Crippen LogP contribution in [0.5, 0.6) is 5.75 Å². The van der Waals surface area contributed by atoms with Gasteiger partial charge in [0.15, 0.2) is 0 Å². The van der Waals surface area contributed by atoms with Gasteiger partial charge in [-0.05, 0) is 55.6 Å². The fourth-order valence-electron chi connectivity index (χ4n) is 4.98. The van der Waals surface area contributed by atoms with Gasteiger partial charge in [0.1, 0.15) is 5.75 Å². The molecule has 0 unspecified atom stereocenters. The van der Waals surface area contributed by atoms with Crippen molar-refractivity contribution in [3.63, 3.8) is 0 Å². The highest BCUT2D eigenvalue weighted by atomic mass is 16.5. The topological polar surface area (TPSA) is 41.6 Å². The smallest absolute Gasteiger partial charge is 0.223 e. The SMILES string of the molecule is COc1cccc(N2CC[C@@H](CNC(=O)[C@@H]3C[C@H]4CC[C@H]3C4)C2)c1. The van der Waals surface area contributed by atoms with E-state index >= 15 is 0 Å². The molecule has 1 saturated heterocycles. The molecular weight excluding hydrogens is 300 g/mol. The van der Waals surface area contributed by atoms with E-state index in [0.29, 0.717) is 23.7 Å². The lowest BCUT2D eigenvalue weighted by Crippen LogP contribution is -2.37. The number of fused-ring (bicyclic) bond motifs is 2. The first-order chi connectivity index (χ1) is 11.7. The lowest BCUT2D eigenvalue weighted by atomic mass is 9.88. The van der Waals surface area contributed by atoms with Crippen molar-refractivity contribution in [2.45, 2.75) is 32.1 Å². The van der Waals surface area contributed by atoms with Gasteiger partial charge in [-0.15, -0.1) is 0 Å². The first-order valence-corrected chi connectivity index (χ1v) is 9.39. The minimum absolute atomic E-state index is 0.305. The Hall–Kier alpha value is -1.71. The number of carbonyl (C=O) groups is 1. The molecule has 0 radical (unpaired) electrons. The van der Waals surface area contributed by atoms with Gasteiger partial charge in [0, 0.05) is 37.3 Å². The molecular formula is C20H28N2O2. The average molecular weight is 328 g/mol. The molecule has 1 aromatic rings. The van der Waals surface area contributed by atoms with Crippen LogP contribution in [0.2, 0.25) is 0 Å². The predicted octanol–water partition coefficient (Wildman–Crippen LogP) is 3.07. The standard InChI is InChI=1S/C20H28N2O2/c1-24-18-4-2-3-17(11-18)22-8-7-15(13-22)12-21-20(23)19-10-14-5-6-16(19)9-14/h2-4,11,14-16,19H,5-10,12-13H2,1H3,(H,21,23)/t14-,15-,16-,19+/m0/s1. The second kappa shape index (κ2) is 6.66. The molecule has 0 spiro atoms. The molecule has 4 atom stereocenters. The number of rotatable bonds is 5. The van der Waals surface area contributed by atoms with Crippen molar-refractivity contribution in [1.29, 1.82) is 0 Å². The maximum atomic E-state index is 12.5. The number of carbonyl (C=O) groups excluding carboxylic acids is 1. The van der Waals surface area contributed by atoms with Gasteiger partial charge in [-0.3, -0.25) is 4.79 Å². The molecule has 130 valence electrons. The third-order valence-corrected chi connectivity index (χ3v) is 6.34. The number of hydrogen-bond donors (Lipinski definition) is 1. The van der Waals surface area contributed by atoms with Crippen molar-refractivity contribution in [2.75, 3.05) is 31.6 Å². The van der Waals surface area contributed by atoms with Crippen LogP contribution in [-0.2, 0) is 4.79 Å². The summed E-state index contributed by atoms with van der Waals surface area (Å²) in [5, 5.41) is 3.26. The predicted molar refractivity (Wildman–Crippen MR) is 95.3 cm³/mol. The van der Waals surface area contributed by atoms with Crippen molar-refractivity contribution in [3.8, 4) is 5.75 Å². The molecule has 1 aromatic carbocycles. The first kappa shape index (κ1) is 15.8. The van der Waals surface area contributed by atoms with Crippen molar-refractivity contribution in [1.82, 2.24) is 5.32 Å². The Morgan fingerprint density at radius 3 is 2.96 bits per heavy atom. The van der Waals surface area contributed by atoms with Crippen LogP contribution in [0.3, 0.4) is 0 Å². The number of anilines is 1. The van der Waals surface area contributed by atoms with Gasteiger partial charge in [0.05, 0.1) is 7.11 Å². The van der Waals surface area contributed by atoms with Crippen LogP contribution < -0.4 is 15.0 Å². The van der Waals surface area contributed by atoms with Gasteiger partial charge in [-0.2, -0.15) is 0 Å². The van der Waals surface area contributed by atoms with Crippen LogP contribution in [-0.4, -0.2) is 32.7 Å². The summed E-state index contributed by atoms with van der Waals surface area (Å²) in [4.78, 5) is 14.9. The summed E-state index contributed by atoms with van der Waals surface area (Å²) in [6.07, 6.45) is 6.21. The average Bonchev–Trinajstić information content (AvgIpc) is 3.36. The zero-order valence-electron chi connectivity index (χ0n) is 14.5. The Kier molecular flexibility index (Phi) is 4.38. The number of hydrogen-bond acceptors (Lipinski definition) is 3. The molecule has 3 aliphatic rings. The third-order valence-electron chi connectivity index (χ3n) is 6.34. The van der Waals surface area contributed by atoms with Gasteiger partial charge in [-0.1, -0.05) is 12.5 Å². The quantitative estimate of drug-likeness (QED) is 0.903. The van der Waals surface area contributed by atoms with Crippen LogP contribution in [0, 0.1) is 23.7 Å². The minimum atomic E-state index is 0.305. The van der Waals surface area contributed by atoms with E-state index in [2.05, 4.69) is 22.3 Å². The number of nitrogens with one attached hydrogen (secondary N) is 1. The normalized spacial score (nSPS) is 31.5. The summed E-state index contributed by atoms with van der Waals surface area (Å²) in [7, 11) is 1.71. The molecule has 1 N–H and O–H groups in total. The van der Waals surface area contributed by atoms with E-state index in [1.807, 2.05) is 12.1 Å². The second-order valence-corrected chi connectivity index (χ2v) is 7.83. The van der Waals surface area contributed by atoms with Crippen LogP contribution in [0.4, 0.5) is 5.69 Å². The lowest BCUT2D eigenvalue weighted by molar-refractivity contribution is -0.126. The maximum absolute atomic E-state index is 12.5. The van der Waals surface area contributed by atoms with E-state index in [1.165, 1.54) is 24.9 Å². The first-order valence-electron chi connectivity index (χ1n) is 9.39. The maximum Gasteiger partial charge on any atom is 0.223 e. The van der Waals surface area contributed by atoms with Crippen LogP contribution in [0.15, 0.2) is 24.3 Å². The lowest BCUT2D eigenvalue weighted by Gasteiger charge is -2.22. The van der Waals surface area contributed by atoms with Crippen molar-refractivity contribution < 1.29 is 9.53 Å². The van der Waals surface area contributed by atoms with Gasteiger partial charge in [0.25, 0.3) is 0 Å². The minimum Gasteiger partial charge on any atom is -0.497 e. The Balaban J connectivity index is 1.27. The van der Waals surface area contributed by atoms with E-state index in [4.69, 9.17) is 4.74 Å². The number of nitrogens with zero attached hydrogens (tertiary/aromatic N) is 1. The van der Waals surface area contributed by atoms with Gasteiger partial charge in [0.2, 0.25) is 5.91 Å². The zero-order chi connectivity index (χ0) is 16.5. The summed E-state index contributed by atoms with van der Waals surface area (Å²) in [6, 6.07) is 8.25. The summed E-state index contributed by atoms with van der Waals surface area (Å²) in [5.41, 5.74) is 1.22. The molecule has 2 aliphatic carbocycles. The summed E-state index contributed by atoms with van der Waals surface area (Å²) in [6.45, 7) is 2.90. The molecule has 0 aromatic heterocycles. The highest BCUT2D eigenvalue weighted by Gasteiger charge is 2.43. The van der Waals surface area contributed by atoms with E-state index in [-0.39, 0.29) is 0 Å². The van der Waals surface area contributed by atoms with Gasteiger partial charge < -0.3 is 15.0 Å². The molecule has 2 bridgehead atoms. The Morgan fingerprint density at radius 2 is 2.21 bits per heavy atom. The van der Waals surface area contributed by atoms with Crippen molar-refractivity contribution >= 4 is 11.6 Å². The molecule has 4 rings (SSSR count). The molecule has 1 aliphatic heterocycles. The number of ether oxygens (including phenoxy) is 1. The summed E-state index contributed by atoms with van der Waals surface area (Å²) >= 11 is 0. The fourth-order valence-corrected chi connectivity index (χ4v) is 4.98. The summed E-state index contributed by atoms with van der Waals surface area (Å²) < 4.78 is 5.32. The molecule has 1 amide bonds. The molecule has 3 fully saturated rings. The number of methoxy groups -OCH3 is 1. The molecule has 4 nitrogen and oxygen atoms in total. The van der Waals surface area contributed by atoms with E-state index < -0.39 is 0 Å². The number of amides is 1. The van der Waals surface area contributed by atoms with Crippen molar-refractivity contribution in [3.05, 3.63) is 24.3 Å². The monoisotopic (exact) mass is 328 g/mol. The van der Waals surface area contributed by atoms with Crippen molar-refractivity contribution in [2.24, 2.45) is 23.7 Å². The van der Waals surface area contributed by atoms with E-state index in [1.54, 1.807) is 7.11 Å². The van der Waals surface area contributed by atoms with Crippen LogP contribution in [0.1, 0.15) is 32.1 Å². The van der Waals surface area contributed by atoms with Crippen LogP contribution >= 0.6 is 0 Å².